The van der Waals surface area contributed by atoms with Gasteiger partial charge in [0.2, 0.25) is 0 Å². The van der Waals surface area contributed by atoms with Gasteiger partial charge in [0.1, 0.15) is 6.61 Å². The number of hydrogen-bond donors (Lipinski definition) is 1. The zero-order valence-corrected chi connectivity index (χ0v) is 9.65. The van der Waals surface area contributed by atoms with Crippen molar-refractivity contribution in [2.45, 2.75) is 32.6 Å². The third-order valence-electron chi connectivity index (χ3n) is 3.00. The standard InChI is InChI=1S/C11H19NO4/c1-2-9(3-4-10(13)14)5-6-12-7-8-16-11(12)15/h9H,2-8H2,1H3,(H,13,14). The van der Waals surface area contributed by atoms with Crippen molar-refractivity contribution in [2.24, 2.45) is 5.92 Å². The molecule has 0 saturated carbocycles. The highest BCUT2D eigenvalue weighted by Gasteiger charge is 2.22. The van der Waals surface area contributed by atoms with Gasteiger partial charge in [-0.05, 0) is 18.8 Å². The van der Waals surface area contributed by atoms with Gasteiger partial charge in [0, 0.05) is 13.0 Å². The number of ether oxygens (including phenoxy) is 1. The number of hydrogen-bond acceptors (Lipinski definition) is 3. The summed E-state index contributed by atoms with van der Waals surface area (Å²) in [5.74, 6) is -0.372. The van der Waals surface area contributed by atoms with Crippen molar-refractivity contribution in [3.05, 3.63) is 0 Å². The second kappa shape index (κ2) is 6.35. The van der Waals surface area contributed by atoms with E-state index in [1.807, 2.05) is 0 Å². The lowest BCUT2D eigenvalue weighted by molar-refractivity contribution is -0.137. The molecule has 0 bridgehead atoms. The topological polar surface area (TPSA) is 66.8 Å². The molecule has 1 atom stereocenters. The molecule has 1 aliphatic rings. The van der Waals surface area contributed by atoms with E-state index in [2.05, 4.69) is 6.92 Å². The number of aliphatic carboxylic acids is 1. The van der Waals surface area contributed by atoms with Crippen LogP contribution in [0.25, 0.3) is 0 Å². The van der Waals surface area contributed by atoms with Crippen LogP contribution in [-0.2, 0) is 9.53 Å². The van der Waals surface area contributed by atoms with Gasteiger partial charge < -0.3 is 14.7 Å². The molecule has 1 unspecified atom stereocenters. The fourth-order valence-electron chi connectivity index (χ4n) is 1.85. The first-order valence-electron chi connectivity index (χ1n) is 5.77. The Morgan fingerprint density at radius 3 is 2.81 bits per heavy atom. The van der Waals surface area contributed by atoms with E-state index in [9.17, 15) is 9.59 Å². The maximum absolute atomic E-state index is 11.2. The fraction of sp³-hybridized carbons (Fsp3) is 0.818. The lowest BCUT2D eigenvalue weighted by Crippen LogP contribution is -2.26. The van der Waals surface area contributed by atoms with Crippen molar-refractivity contribution in [1.82, 2.24) is 4.90 Å². The molecule has 1 N–H and O–H groups in total. The smallest absolute Gasteiger partial charge is 0.409 e. The number of carboxylic acid groups (broad SMARTS) is 1. The summed E-state index contributed by atoms with van der Waals surface area (Å²) < 4.78 is 4.82. The molecule has 92 valence electrons. The first-order chi connectivity index (χ1) is 7.63. The van der Waals surface area contributed by atoms with Crippen LogP contribution in [-0.4, -0.2) is 41.8 Å². The van der Waals surface area contributed by atoms with E-state index in [1.54, 1.807) is 4.90 Å². The minimum absolute atomic E-state index is 0.211. The molecule has 5 heteroatoms. The molecule has 5 nitrogen and oxygen atoms in total. The van der Waals surface area contributed by atoms with Gasteiger partial charge in [0.25, 0.3) is 0 Å². The summed E-state index contributed by atoms with van der Waals surface area (Å²) in [6, 6.07) is 0. The van der Waals surface area contributed by atoms with Crippen LogP contribution in [0.15, 0.2) is 0 Å². The molecular weight excluding hydrogens is 210 g/mol. The molecule has 0 spiro atoms. The van der Waals surface area contributed by atoms with Crippen molar-refractivity contribution in [1.29, 1.82) is 0 Å². The zero-order valence-electron chi connectivity index (χ0n) is 9.65. The Bertz CT molecular complexity index is 254. The SMILES string of the molecule is CCC(CCC(=O)O)CCN1CCOC1=O. The second-order valence-corrected chi connectivity index (χ2v) is 4.10. The van der Waals surface area contributed by atoms with Gasteiger partial charge in [-0.1, -0.05) is 13.3 Å². The maximum atomic E-state index is 11.2. The van der Waals surface area contributed by atoms with Gasteiger partial charge >= 0.3 is 12.1 Å². The minimum atomic E-state index is -0.751. The Kier molecular flexibility index (Phi) is 5.08. The van der Waals surface area contributed by atoms with Crippen molar-refractivity contribution >= 4 is 12.1 Å². The van der Waals surface area contributed by atoms with Gasteiger partial charge in [-0.2, -0.15) is 0 Å². The number of nitrogens with zero attached hydrogens (tertiary/aromatic N) is 1. The molecule has 0 aromatic rings. The molecule has 0 aromatic carbocycles. The molecule has 1 saturated heterocycles. The Labute approximate surface area is 95.4 Å². The van der Waals surface area contributed by atoms with E-state index >= 15 is 0 Å². The molecule has 1 heterocycles. The molecule has 1 amide bonds. The summed E-state index contributed by atoms with van der Waals surface area (Å²) in [5, 5.41) is 8.60. The number of carbonyl (C=O) groups is 2. The predicted octanol–water partition coefficient (Wildman–Crippen LogP) is 1.72. The maximum Gasteiger partial charge on any atom is 0.409 e. The van der Waals surface area contributed by atoms with Crippen LogP contribution in [0, 0.1) is 5.92 Å². The Hall–Kier alpha value is -1.26. The first kappa shape index (κ1) is 12.8. The third kappa shape index (κ3) is 4.08. The lowest BCUT2D eigenvalue weighted by atomic mass is 9.96. The van der Waals surface area contributed by atoms with Crippen LogP contribution in [0.1, 0.15) is 32.6 Å². The number of cyclic esters (lactones) is 1. The van der Waals surface area contributed by atoms with E-state index < -0.39 is 5.97 Å². The van der Waals surface area contributed by atoms with E-state index in [-0.39, 0.29) is 12.5 Å². The number of carbonyl (C=O) groups excluding carboxylic acids is 1. The van der Waals surface area contributed by atoms with Gasteiger partial charge in [0.05, 0.1) is 6.54 Å². The van der Waals surface area contributed by atoms with Crippen LogP contribution in [0.5, 0.6) is 0 Å². The molecular formula is C11H19NO4. The summed E-state index contributed by atoms with van der Waals surface area (Å²) in [7, 11) is 0. The number of rotatable bonds is 7. The highest BCUT2D eigenvalue weighted by Crippen LogP contribution is 2.17. The first-order valence-corrected chi connectivity index (χ1v) is 5.77. The normalized spacial score (nSPS) is 17.3. The largest absolute Gasteiger partial charge is 0.481 e. The molecule has 1 aliphatic heterocycles. The van der Waals surface area contributed by atoms with Crippen LogP contribution < -0.4 is 0 Å². The predicted molar refractivity (Wildman–Crippen MR) is 58.2 cm³/mol. The molecule has 0 aromatic heterocycles. The molecule has 1 rings (SSSR count). The van der Waals surface area contributed by atoms with Gasteiger partial charge in [0.15, 0.2) is 0 Å². The van der Waals surface area contributed by atoms with Gasteiger partial charge in [-0.25, -0.2) is 4.79 Å². The van der Waals surface area contributed by atoms with E-state index in [4.69, 9.17) is 9.84 Å². The van der Waals surface area contributed by atoms with E-state index in [1.165, 1.54) is 0 Å². The average molecular weight is 229 g/mol. The summed E-state index contributed by atoms with van der Waals surface area (Å²) in [6.07, 6.45) is 2.47. The molecule has 16 heavy (non-hydrogen) atoms. The second-order valence-electron chi connectivity index (χ2n) is 4.10. The van der Waals surface area contributed by atoms with Crippen molar-refractivity contribution in [3.8, 4) is 0 Å². The number of carboxylic acids is 1. The van der Waals surface area contributed by atoms with Crippen molar-refractivity contribution in [2.75, 3.05) is 19.7 Å². The molecule has 0 radical (unpaired) electrons. The Morgan fingerprint density at radius 2 is 2.31 bits per heavy atom. The van der Waals surface area contributed by atoms with E-state index in [0.29, 0.717) is 32.0 Å². The molecule has 0 aliphatic carbocycles. The van der Waals surface area contributed by atoms with Crippen molar-refractivity contribution in [3.63, 3.8) is 0 Å². The van der Waals surface area contributed by atoms with Crippen LogP contribution >= 0.6 is 0 Å². The third-order valence-corrected chi connectivity index (χ3v) is 3.00. The fourth-order valence-corrected chi connectivity index (χ4v) is 1.85. The van der Waals surface area contributed by atoms with Gasteiger partial charge in [-0.3, -0.25) is 4.79 Å². The van der Waals surface area contributed by atoms with Crippen LogP contribution in [0.3, 0.4) is 0 Å². The summed E-state index contributed by atoms with van der Waals surface area (Å²) in [6.45, 7) is 3.87. The Morgan fingerprint density at radius 1 is 1.56 bits per heavy atom. The molecule has 1 fully saturated rings. The average Bonchev–Trinajstić information content (AvgIpc) is 2.64. The van der Waals surface area contributed by atoms with E-state index in [0.717, 1.165) is 12.8 Å². The Balaban J connectivity index is 2.22. The quantitative estimate of drug-likeness (QED) is 0.721. The highest BCUT2D eigenvalue weighted by atomic mass is 16.6. The minimum Gasteiger partial charge on any atom is -0.481 e. The number of amides is 1. The monoisotopic (exact) mass is 229 g/mol. The summed E-state index contributed by atoms with van der Waals surface area (Å²) in [5.41, 5.74) is 0. The summed E-state index contributed by atoms with van der Waals surface area (Å²) >= 11 is 0. The summed E-state index contributed by atoms with van der Waals surface area (Å²) in [4.78, 5) is 23.3. The van der Waals surface area contributed by atoms with Gasteiger partial charge in [-0.15, -0.1) is 0 Å². The highest BCUT2D eigenvalue weighted by molar-refractivity contribution is 5.69. The van der Waals surface area contributed by atoms with Crippen molar-refractivity contribution < 1.29 is 19.4 Å². The van der Waals surface area contributed by atoms with Crippen LogP contribution in [0.2, 0.25) is 0 Å². The zero-order chi connectivity index (χ0) is 12.0. The van der Waals surface area contributed by atoms with Crippen LogP contribution in [0.4, 0.5) is 4.79 Å². The lowest BCUT2D eigenvalue weighted by Gasteiger charge is -2.17.